The molecule has 4 aromatic rings. The summed E-state index contributed by atoms with van der Waals surface area (Å²) < 4.78 is 11.9. The third-order valence-electron chi connectivity index (χ3n) is 6.99. The van der Waals surface area contributed by atoms with Crippen LogP contribution in [0.2, 0.25) is 0 Å². The summed E-state index contributed by atoms with van der Waals surface area (Å²) in [7, 11) is 0. The minimum Gasteiger partial charge on any atom is -0.488 e. The first-order chi connectivity index (χ1) is 20.3. The minimum absolute atomic E-state index is 0.0581. The second kappa shape index (κ2) is 12.8. The van der Waals surface area contributed by atoms with Crippen molar-refractivity contribution in [3.05, 3.63) is 72.8 Å². The van der Waals surface area contributed by atoms with Crippen molar-refractivity contribution in [3.8, 4) is 23.0 Å². The maximum atomic E-state index is 11.5. The number of carboxylic acids is 1. The predicted octanol–water partition coefficient (Wildman–Crippen LogP) is 5.17. The summed E-state index contributed by atoms with van der Waals surface area (Å²) in [6, 6.07) is 13.1. The van der Waals surface area contributed by atoms with Crippen molar-refractivity contribution in [2.45, 2.75) is 46.1 Å². The lowest BCUT2D eigenvalue weighted by Gasteiger charge is -2.33. The zero-order valence-electron chi connectivity index (χ0n) is 24.0. The smallest absolute Gasteiger partial charge is 0.309 e. The molecule has 0 radical (unpaired) electrons. The Bertz CT molecular complexity index is 1510. The molecule has 42 heavy (non-hydrogen) atoms. The van der Waals surface area contributed by atoms with Gasteiger partial charge in [0.15, 0.2) is 17.4 Å². The van der Waals surface area contributed by atoms with E-state index in [2.05, 4.69) is 30.2 Å². The molecule has 218 valence electrons. The van der Waals surface area contributed by atoms with E-state index in [9.17, 15) is 9.90 Å². The summed E-state index contributed by atoms with van der Waals surface area (Å²) in [5.41, 5.74) is 0.925. The molecule has 11 nitrogen and oxygen atoms in total. The van der Waals surface area contributed by atoms with Crippen LogP contribution in [0, 0.1) is 5.41 Å². The van der Waals surface area contributed by atoms with Gasteiger partial charge in [0.05, 0.1) is 31.0 Å². The van der Waals surface area contributed by atoms with E-state index in [1.807, 2.05) is 43.3 Å². The summed E-state index contributed by atoms with van der Waals surface area (Å²) in [4.78, 5) is 36.3. The van der Waals surface area contributed by atoms with Crippen LogP contribution >= 0.6 is 0 Å². The molecule has 4 heterocycles. The number of anilines is 3. The van der Waals surface area contributed by atoms with Crippen LogP contribution in [-0.2, 0) is 11.2 Å². The molecule has 2 N–H and O–H groups in total. The topological polar surface area (TPSA) is 135 Å². The number of carbonyl (C=O) groups is 1. The van der Waals surface area contributed by atoms with Gasteiger partial charge in [0.1, 0.15) is 17.7 Å². The van der Waals surface area contributed by atoms with Crippen LogP contribution in [0.3, 0.4) is 0 Å². The van der Waals surface area contributed by atoms with E-state index in [1.165, 1.54) is 0 Å². The van der Waals surface area contributed by atoms with Gasteiger partial charge in [-0.05, 0) is 63.8 Å². The first-order valence-corrected chi connectivity index (χ1v) is 14.0. The van der Waals surface area contributed by atoms with Gasteiger partial charge in [0, 0.05) is 24.5 Å². The van der Waals surface area contributed by atoms with E-state index >= 15 is 0 Å². The van der Waals surface area contributed by atoms with Crippen molar-refractivity contribution in [1.82, 2.24) is 24.9 Å². The number of carboxylic acid groups (broad SMARTS) is 1. The average Bonchev–Trinajstić information content (AvgIpc) is 2.99. The lowest BCUT2D eigenvalue weighted by molar-refractivity contribution is -0.146. The number of piperidine rings is 1. The Hall–Kier alpha value is -4.80. The molecular formula is C31H35N7O4. The molecule has 0 saturated carbocycles. The zero-order valence-corrected chi connectivity index (χ0v) is 24.0. The Morgan fingerprint density at radius 1 is 1.07 bits per heavy atom. The molecule has 0 aliphatic carbocycles. The first kappa shape index (κ1) is 28.7. The van der Waals surface area contributed by atoms with Gasteiger partial charge in [0.2, 0.25) is 0 Å². The molecule has 11 heteroatoms. The van der Waals surface area contributed by atoms with Gasteiger partial charge in [-0.25, -0.2) is 19.9 Å². The van der Waals surface area contributed by atoms with E-state index in [-0.39, 0.29) is 6.10 Å². The van der Waals surface area contributed by atoms with Crippen LogP contribution in [0.4, 0.5) is 17.5 Å². The standard InChI is InChI=1S/C31H35N7O4/c1-4-41-24-8-5-14-34-29(24)42-23-7-6-16-38(20-23)27-19-32-18-26(36-27)35-25-13-15-33-28(37-25)22-11-9-21(10-12-22)17-31(2,3)30(39)40/h5,8-15,18-19,23H,4,6-7,16-17,20H2,1-3H3,(H,39,40)(H,33,35,36,37)/t23-/m1/s1. The second-order valence-corrected chi connectivity index (χ2v) is 10.8. The van der Waals surface area contributed by atoms with Crippen LogP contribution in [0.1, 0.15) is 39.2 Å². The highest BCUT2D eigenvalue weighted by molar-refractivity contribution is 5.74. The SMILES string of the molecule is CCOc1cccnc1O[C@@H]1CCCN(c2cncc(Nc3ccnc(-c4ccc(CC(C)(C)C(=O)O)cc4)n3)n2)C1. The Balaban J connectivity index is 1.25. The predicted molar refractivity (Wildman–Crippen MR) is 159 cm³/mol. The largest absolute Gasteiger partial charge is 0.488 e. The molecular weight excluding hydrogens is 534 g/mol. The van der Waals surface area contributed by atoms with Gasteiger partial charge in [-0.15, -0.1) is 0 Å². The lowest BCUT2D eigenvalue weighted by Crippen LogP contribution is -2.41. The highest BCUT2D eigenvalue weighted by Crippen LogP contribution is 2.28. The molecule has 0 spiro atoms. The number of nitrogens with zero attached hydrogens (tertiary/aromatic N) is 6. The second-order valence-electron chi connectivity index (χ2n) is 10.8. The third-order valence-corrected chi connectivity index (χ3v) is 6.99. The molecule has 1 saturated heterocycles. The highest BCUT2D eigenvalue weighted by atomic mass is 16.5. The Labute approximate surface area is 245 Å². The van der Waals surface area contributed by atoms with Crippen molar-refractivity contribution in [3.63, 3.8) is 0 Å². The number of benzene rings is 1. The molecule has 1 aliphatic heterocycles. The Kier molecular flexibility index (Phi) is 8.75. The molecule has 0 amide bonds. The molecule has 1 aliphatic rings. The van der Waals surface area contributed by atoms with Crippen LogP contribution in [-0.4, -0.2) is 61.8 Å². The fraction of sp³-hybridized carbons (Fsp3) is 0.355. The van der Waals surface area contributed by atoms with Crippen molar-refractivity contribution >= 4 is 23.4 Å². The van der Waals surface area contributed by atoms with Crippen LogP contribution in [0.25, 0.3) is 11.4 Å². The average molecular weight is 570 g/mol. The maximum Gasteiger partial charge on any atom is 0.309 e. The molecule has 1 atom stereocenters. The van der Waals surface area contributed by atoms with Gasteiger partial charge in [-0.2, -0.15) is 0 Å². The van der Waals surface area contributed by atoms with E-state index < -0.39 is 11.4 Å². The van der Waals surface area contributed by atoms with Crippen molar-refractivity contribution < 1.29 is 19.4 Å². The van der Waals surface area contributed by atoms with Crippen LogP contribution in [0.15, 0.2) is 67.3 Å². The monoisotopic (exact) mass is 569 g/mol. The summed E-state index contributed by atoms with van der Waals surface area (Å²) in [6.07, 6.45) is 9.02. The summed E-state index contributed by atoms with van der Waals surface area (Å²) in [6.45, 7) is 7.41. The molecule has 0 unspecified atom stereocenters. The third kappa shape index (κ3) is 7.09. The number of ether oxygens (including phenoxy) is 2. The van der Waals surface area contributed by atoms with Crippen molar-refractivity contribution in [2.75, 3.05) is 29.9 Å². The first-order valence-electron chi connectivity index (χ1n) is 14.0. The van der Waals surface area contributed by atoms with Gasteiger partial charge < -0.3 is 24.8 Å². The summed E-state index contributed by atoms with van der Waals surface area (Å²) in [5, 5.41) is 12.7. The van der Waals surface area contributed by atoms with Gasteiger partial charge >= 0.3 is 5.97 Å². The number of rotatable bonds is 11. The molecule has 5 rings (SSSR count). The van der Waals surface area contributed by atoms with Crippen molar-refractivity contribution in [1.29, 1.82) is 0 Å². The molecule has 1 fully saturated rings. The van der Waals surface area contributed by atoms with E-state index in [4.69, 9.17) is 14.5 Å². The van der Waals surface area contributed by atoms with E-state index in [0.29, 0.717) is 48.7 Å². The number of aliphatic carboxylic acids is 1. The van der Waals surface area contributed by atoms with Gasteiger partial charge in [-0.1, -0.05) is 24.3 Å². The summed E-state index contributed by atoms with van der Waals surface area (Å²) >= 11 is 0. The number of aromatic nitrogens is 5. The Morgan fingerprint density at radius 3 is 2.69 bits per heavy atom. The minimum atomic E-state index is -0.841. The van der Waals surface area contributed by atoms with Crippen LogP contribution in [0.5, 0.6) is 11.6 Å². The van der Waals surface area contributed by atoms with E-state index in [0.717, 1.165) is 36.3 Å². The number of pyridine rings is 1. The molecule has 3 aromatic heterocycles. The zero-order chi connectivity index (χ0) is 29.5. The normalized spacial score (nSPS) is 15.2. The summed E-state index contributed by atoms with van der Waals surface area (Å²) in [5.74, 6) is 2.76. The number of hydrogen-bond acceptors (Lipinski definition) is 10. The fourth-order valence-corrected chi connectivity index (χ4v) is 4.75. The highest BCUT2D eigenvalue weighted by Gasteiger charge is 2.27. The fourth-order valence-electron chi connectivity index (χ4n) is 4.75. The van der Waals surface area contributed by atoms with Crippen molar-refractivity contribution in [2.24, 2.45) is 5.41 Å². The Morgan fingerprint density at radius 2 is 1.90 bits per heavy atom. The van der Waals surface area contributed by atoms with Gasteiger partial charge in [0.25, 0.3) is 5.88 Å². The van der Waals surface area contributed by atoms with E-state index in [1.54, 1.807) is 44.7 Å². The van der Waals surface area contributed by atoms with Gasteiger partial charge in [-0.3, -0.25) is 9.78 Å². The maximum absolute atomic E-state index is 11.5. The van der Waals surface area contributed by atoms with Crippen LogP contribution < -0.4 is 19.7 Å². The number of nitrogens with one attached hydrogen (secondary N) is 1. The molecule has 1 aromatic carbocycles. The number of hydrogen-bond donors (Lipinski definition) is 2. The lowest BCUT2D eigenvalue weighted by atomic mass is 9.86. The quantitative estimate of drug-likeness (QED) is 0.247. The molecule has 0 bridgehead atoms.